The Bertz CT molecular complexity index is 718. The van der Waals surface area contributed by atoms with Gasteiger partial charge in [-0.3, -0.25) is 4.79 Å². The summed E-state index contributed by atoms with van der Waals surface area (Å²) < 4.78 is 10.7. The number of methoxy groups -OCH3 is 2. The van der Waals surface area contributed by atoms with E-state index in [0.29, 0.717) is 22.9 Å². The smallest absolute Gasteiger partial charge is 0.254 e. The number of hydrogen-bond donors (Lipinski definition) is 1. The number of amides is 1. The highest BCUT2D eigenvalue weighted by Crippen LogP contribution is 2.32. The Labute approximate surface area is 142 Å². The predicted molar refractivity (Wildman–Crippen MR) is 93.8 cm³/mol. The number of pyridine rings is 1. The predicted octanol–water partition coefficient (Wildman–Crippen LogP) is 2.97. The van der Waals surface area contributed by atoms with E-state index in [1.807, 2.05) is 25.1 Å². The van der Waals surface area contributed by atoms with Gasteiger partial charge in [0.25, 0.3) is 5.91 Å². The lowest BCUT2D eigenvalue weighted by Gasteiger charge is -2.27. The van der Waals surface area contributed by atoms with E-state index < -0.39 is 0 Å². The first-order chi connectivity index (χ1) is 11.5. The van der Waals surface area contributed by atoms with E-state index in [1.165, 1.54) is 0 Å². The molecular formula is C18H23N3O3. The molecule has 0 saturated carbocycles. The van der Waals surface area contributed by atoms with Crippen molar-refractivity contribution in [1.82, 2.24) is 9.88 Å². The second-order valence-electron chi connectivity index (χ2n) is 5.38. The van der Waals surface area contributed by atoms with Crippen LogP contribution in [0.25, 0.3) is 0 Å². The lowest BCUT2D eigenvalue weighted by molar-refractivity contribution is 0.0741. The van der Waals surface area contributed by atoms with E-state index in [0.717, 1.165) is 5.56 Å². The minimum atomic E-state index is -0.162. The van der Waals surface area contributed by atoms with Gasteiger partial charge in [0.1, 0.15) is 17.3 Å². The van der Waals surface area contributed by atoms with E-state index in [9.17, 15) is 4.79 Å². The van der Waals surface area contributed by atoms with Gasteiger partial charge in [-0.25, -0.2) is 4.98 Å². The Morgan fingerprint density at radius 2 is 1.96 bits per heavy atom. The normalized spacial score (nSPS) is 11.5. The summed E-state index contributed by atoms with van der Waals surface area (Å²) in [5, 5.41) is 2.94. The fourth-order valence-electron chi connectivity index (χ4n) is 2.45. The molecule has 1 aromatic heterocycles. The van der Waals surface area contributed by atoms with Gasteiger partial charge in [0.05, 0.1) is 20.3 Å². The average molecular weight is 329 g/mol. The van der Waals surface area contributed by atoms with E-state index in [-0.39, 0.29) is 11.9 Å². The molecule has 0 aliphatic carbocycles. The number of nitrogens with one attached hydrogen (secondary N) is 1. The minimum Gasteiger partial charge on any atom is -0.497 e. The van der Waals surface area contributed by atoms with Crippen LogP contribution in [0.1, 0.15) is 28.9 Å². The van der Waals surface area contributed by atoms with Crippen molar-refractivity contribution in [1.29, 1.82) is 0 Å². The number of anilines is 1. The Balaban J connectivity index is 2.28. The monoisotopic (exact) mass is 329 g/mol. The van der Waals surface area contributed by atoms with E-state index in [2.05, 4.69) is 10.3 Å². The maximum Gasteiger partial charge on any atom is 0.254 e. The van der Waals surface area contributed by atoms with Crippen LogP contribution < -0.4 is 14.8 Å². The second-order valence-corrected chi connectivity index (χ2v) is 5.38. The number of carbonyl (C=O) groups is 1. The van der Waals surface area contributed by atoms with Crippen LogP contribution in [0.15, 0.2) is 36.5 Å². The Morgan fingerprint density at radius 1 is 1.21 bits per heavy atom. The van der Waals surface area contributed by atoms with Crippen LogP contribution >= 0.6 is 0 Å². The lowest BCUT2D eigenvalue weighted by Crippen LogP contribution is -2.30. The number of nitrogens with zero attached hydrogens (tertiary/aromatic N) is 2. The van der Waals surface area contributed by atoms with Crippen molar-refractivity contribution < 1.29 is 14.3 Å². The molecule has 1 aromatic carbocycles. The first-order valence-corrected chi connectivity index (χ1v) is 7.64. The van der Waals surface area contributed by atoms with Crippen molar-refractivity contribution in [3.63, 3.8) is 0 Å². The summed E-state index contributed by atoms with van der Waals surface area (Å²) >= 11 is 0. The molecule has 2 aromatic rings. The van der Waals surface area contributed by atoms with E-state index >= 15 is 0 Å². The van der Waals surface area contributed by atoms with Crippen molar-refractivity contribution in [2.24, 2.45) is 0 Å². The molecule has 128 valence electrons. The Kier molecular flexibility index (Phi) is 5.63. The van der Waals surface area contributed by atoms with Gasteiger partial charge in [-0.2, -0.15) is 0 Å². The average Bonchev–Trinajstić information content (AvgIpc) is 2.65. The summed E-state index contributed by atoms with van der Waals surface area (Å²) in [7, 11) is 6.76. The van der Waals surface area contributed by atoms with Crippen LogP contribution in [0.5, 0.6) is 11.5 Å². The Morgan fingerprint density at radius 3 is 2.58 bits per heavy atom. The molecule has 1 N–H and O–H groups in total. The molecule has 1 heterocycles. The quantitative estimate of drug-likeness (QED) is 0.883. The molecule has 0 spiro atoms. The first-order valence-electron chi connectivity index (χ1n) is 7.64. The van der Waals surface area contributed by atoms with Gasteiger partial charge < -0.3 is 19.7 Å². The Hall–Kier alpha value is -2.76. The van der Waals surface area contributed by atoms with Crippen molar-refractivity contribution in [2.45, 2.75) is 13.0 Å². The van der Waals surface area contributed by atoms with Gasteiger partial charge in [-0.1, -0.05) is 0 Å². The molecule has 0 radical (unpaired) electrons. The van der Waals surface area contributed by atoms with Crippen molar-refractivity contribution in [3.05, 3.63) is 47.7 Å². The second kappa shape index (κ2) is 7.68. The van der Waals surface area contributed by atoms with Gasteiger partial charge in [0.15, 0.2) is 0 Å². The molecule has 0 unspecified atom stereocenters. The number of ether oxygens (including phenoxy) is 2. The number of hydrogen-bond acceptors (Lipinski definition) is 5. The molecule has 0 bridgehead atoms. The lowest BCUT2D eigenvalue weighted by atomic mass is 10.0. The summed E-state index contributed by atoms with van der Waals surface area (Å²) in [6, 6.07) is 8.87. The summed E-state index contributed by atoms with van der Waals surface area (Å²) in [6.45, 7) is 1.96. The maximum absolute atomic E-state index is 12.8. The number of rotatable bonds is 6. The fraction of sp³-hybridized carbons (Fsp3) is 0.333. The standard InChI is InChI=1S/C18H23N3O3/c1-12(15-7-6-14(23-4)11-16(15)24-5)21(3)18(22)13-8-9-20-17(10-13)19-2/h6-12H,1-5H3,(H,19,20)/t12-/m0/s1. The molecule has 1 amide bonds. The topological polar surface area (TPSA) is 63.7 Å². The molecule has 0 saturated heterocycles. The largest absolute Gasteiger partial charge is 0.497 e. The number of benzene rings is 1. The molecule has 6 heteroatoms. The van der Waals surface area contributed by atoms with Gasteiger partial charge in [0, 0.05) is 37.5 Å². The van der Waals surface area contributed by atoms with Gasteiger partial charge in [-0.05, 0) is 31.2 Å². The van der Waals surface area contributed by atoms with Crippen LogP contribution in [0.3, 0.4) is 0 Å². The minimum absolute atomic E-state index is 0.0840. The zero-order valence-electron chi connectivity index (χ0n) is 14.7. The molecular weight excluding hydrogens is 306 g/mol. The van der Waals surface area contributed by atoms with Crippen LogP contribution in [-0.4, -0.2) is 44.1 Å². The maximum atomic E-state index is 12.8. The highest BCUT2D eigenvalue weighted by Gasteiger charge is 2.22. The molecule has 6 nitrogen and oxygen atoms in total. The third-order valence-corrected chi connectivity index (χ3v) is 4.06. The van der Waals surface area contributed by atoms with Gasteiger partial charge in [0.2, 0.25) is 0 Å². The highest BCUT2D eigenvalue weighted by atomic mass is 16.5. The summed E-state index contributed by atoms with van der Waals surface area (Å²) in [5.74, 6) is 1.97. The fourth-order valence-corrected chi connectivity index (χ4v) is 2.45. The number of aromatic nitrogens is 1. The summed E-state index contributed by atoms with van der Waals surface area (Å²) in [6.07, 6.45) is 1.62. The van der Waals surface area contributed by atoms with Crippen molar-refractivity contribution in [2.75, 3.05) is 33.6 Å². The van der Waals surface area contributed by atoms with Crippen molar-refractivity contribution >= 4 is 11.7 Å². The molecule has 0 aliphatic heterocycles. The highest BCUT2D eigenvalue weighted by molar-refractivity contribution is 5.95. The van der Waals surface area contributed by atoms with E-state index in [1.54, 1.807) is 51.5 Å². The SMILES string of the molecule is CNc1cc(C(=O)N(C)[C@@H](C)c2ccc(OC)cc2OC)ccn1. The van der Waals surface area contributed by atoms with E-state index in [4.69, 9.17) is 9.47 Å². The third kappa shape index (κ3) is 3.59. The zero-order chi connectivity index (χ0) is 17.7. The molecule has 1 atom stereocenters. The summed E-state index contributed by atoms with van der Waals surface area (Å²) in [5.41, 5.74) is 1.49. The van der Waals surface area contributed by atoms with Crippen molar-refractivity contribution in [3.8, 4) is 11.5 Å². The van der Waals surface area contributed by atoms with Crippen LogP contribution in [0, 0.1) is 0 Å². The van der Waals surface area contributed by atoms with Crippen LogP contribution in [0.2, 0.25) is 0 Å². The van der Waals surface area contributed by atoms with Gasteiger partial charge >= 0.3 is 0 Å². The van der Waals surface area contributed by atoms with Crippen LogP contribution in [-0.2, 0) is 0 Å². The van der Waals surface area contributed by atoms with Gasteiger partial charge in [-0.15, -0.1) is 0 Å². The summed E-state index contributed by atoms with van der Waals surface area (Å²) in [4.78, 5) is 18.6. The number of carbonyl (C=O) groups excluding carboxylic acids is 1. The molecule has 2 rings (SSSR count). The molecule has 0 aliphatic rings. The zero-order valence-corrected chi connectivity index (χ0v) is 14.7. The molecule has 24 heavy (non-hydrogen) atoms. The molecule has 0 fully saturated rings. The first kappa shape index (κ1) is 17.6. The third-order valence-electron chi connectivity index (χ3n) is 4.06. The van der Waals surface area contributed by atoms with Crippen LogP contribution in [0.4, 0.5) is 5.82 Å².